The first-order valence-electron chi connectivity index (χ1n) is 6.77. The smallest absolute Gasteiger partial charge is 0 e. The van der Waals surface area contributed by atoms with Gasteiger partial charge in [0.25, 0.3) is 0 Å². The van der Waals surface area contributed by atoms with Gasteiger partial charge in [0.2, 0.25) is 0 Å². The van der Waals surface area contributed by atoms with E-state index in [1.807, 2.05) is 0 Å². The van der Waals surface area contributed by atoms with Crippen LogP contribution in [-0.4, -0.2) is 0 Å². The largest absolute Gasteiger partial charge is 0 e. The molecule has 0 aliphatic rings. The van der Waals surface area contributed by atoms with Crippen LogP contribution in [0.2, 0.25) is 0 Å². The molecule has 0 radical (unpaired) electrons. The van der Waals surface area contributed by atoms with E-state index >= 15 is 0 Å². The Morgan fingerprint density at radius 3 is 0.952 bits per heavy atom. The average Bonchev–Trinajstić information content (AvgIpc) is 2.56. The maximum atomic E-state index is 3.20. The summed E-state index contributed by atoms with van der Waals surface area (Å²) in [6, 6.07) is 32.5. The van der Waals surface area contributed by atoms with Gasteiger partial charge in [-0.05, 0) is 0 Å². The van der Waals surface area contributed by atoms with Crippen molar-refractivity contribution in [2.45, 2.75) is 0 Å². The van der Waals surface area contributed by atoms with Gasteiger partial charge in [0.15, 0.2) is 0 Å². The summed E-state index contributed by atoms with van der Waals surface area (Å²) < 4.78 is 0. The maximum Gasteiger partial charge on any atom is 0 e. The summed E-state index contributed by atoms with van der Waals surface area (Å²) in [5.41, 5.74) is 0. The Balaban J connectivity index is 0.00000161. The van der Waals surface area contributed by atoms with Crippen molar-refractivity contribution < 1.29 is 20.4 Å². The molecule has 0 aromatic heterocycles. The topological polar surface area (TPSA) is 0 Å². The van der Waals surface area contributed by atoms with Crippen LogP contribution in [0.4, 0.5) is 0 Å². The molecule has 0 saturated carbocycles. The first-order chi connectivity index (χ1) is 9.82. The van der Waals surface area contributed by atoms with Crippen molar-refractivity contribution >= 4 is 31.8 Å². The van der Waals surface area contributed by atoms with Crippen molar-refractivity contribution in [2.75, 3.05) is 0 Å². The fourth-order valence-electron chi connectivity index (χ4n) is 2.60. The molecule has 21 heavy (non-hydrogen) atoms. The molecule has 110 valence electrons. The average molecular weight is 403 g/mol. The quantitative estimate of drug-likeness (QED) is 0.465. The Kier molecular flexibility index (Phi) is 5.87. The Morgan fingerprint density at radius 1 is 0.476 bits per heavy atom. The summed E-state index contributed by atoms with van der Waals surface area (Å²) in [5, 5.41) is 4.26. The van der Waals surface area contributed by atoms with Crippen LogP contribution in [0.3, 0.4) is 0 Å². The fraction of sp³-hybridized carbons (Fsp3) is 0. The van der Waals surface area contributed by atoms with Gasteiger partial charge in [-0.1, -0.05) is 0 Å². The third-order valence-electron chi connectivity index (χ3n) is 3.69. The minimum Gasteiger partial charge on any atom is 0 e. The van der Waals surface area contributed by atoms with Crippen LogP contribution < -0.4 is 15.9 Å². The zero-order valence-electron chi connectivity index (χ0n) is 11.6. The summed E-state index contributed by atoms with van der Waals surface area (Å²) in [6.07, 6.45) is 0. The SMILES string of the molecule is P[PH](c1ccccc1)(c1ccccc1)c1ccccc1.[Pd]. The van der Waals surface area contributed by atoms with E-state index in [1.54, 1.807) is 0 Å². The molecule has 3 heteroatoms. The van der Waals surface area contributed by atoms with E-state index < -0.39 is 6.95 Å². The maximum absolute atomic E-state index is 3.20. The van der Waals surface area contributed by atoms with Crippen LogP contribution in [0.5, 0.6) is 0 Å². The fourth-order valence-corrected chi connectivity index (χ4v) is 7.49. The molecule has 0 bridgehead atoms. The van der Waals surface area contributed by atoms with Gasteiger partial charge in [0, 0.05) is 20.4 Å². The van der Waals surface area contributed by atoms with E-state index in [-0.39, 0.29) is 20.4 Å². The third kappa shape index (κ3) is 3.34. The number of hydrogen-bond donors (Lipinski definition) is 0. The molecular formula is C18H18P2Pd. The minimum atomic E-state index is -1.96. The molecule has 0 aliphatic heterocycles. The van der Waals surface area contributed by atoms with Crippen molar-refractivity contribution in [3.8, 4) is 0 Å². The molecule has 3 rings (SSSR count). The van der Waals surface area contributed by atoms with Gasteiger partial charge in [-0.3, -0.25) is 0 Å². The molecule has 3 aromatic carbocycles. The molecule has 0 N–H and O–H groups in total. The van der Waals surface area contributed by atoms with Crippen LogP contribution >= 0.6 is 15.9 Å². The molecule has 1 atom stereocenters. The van der Waals surface area contributed by atoms with Gasteiger partial charge in [-0.25, -0.2) is 0 Å². The molecule has 0 aliphatic carbocycles. The van der Waals surface area contributed by atoms with E-state index in [0.717, 1.165) is 0 Å². The molecule has 3 aromatic rings. The Labute approximate surface area is 143 Å². The normalized spacial score (nSPS) is 11.5. The number of rotatable bonds is 3. The van der Waals surface area contributed by atoms with Crippen LogP contribution in [0.25, 0.3) is 0 Å². The molecule has 1 unspecified atom stereocenters. The number of hydrogen-bond acceptors (Lipinski definition) is 0. The van der Waals surface area contributed by atoms with Crippen LogP contribution in [0, 0.1) is 0 Å². The molecule has 0 spiro atoms. The Hall–Kier alpha value is -0.818. The van der Waals surface area contributed by atoms with Crippen molar-refractivity contribution in [3.05, 3.63) is 91.0 Å². The van der Waals surface area contributed by atoms with Crippen LogP contribution in [0.1, 0.15) is 0 Å². The molecule has 0 heterocycles. The Bertz CT molecular complexity index is 573. The monoisotopic (exact) mass is 402 g/mol. The summed E-state index contributed by atoms with van der Waals surface area (Å²) in [4.78, 5) is 0. The van der Waals surface area contributed by atoms with E-state index in [0.29, 0.717) is 0 Å². The van der Waals surface area contributed by atoms with Crippen molar-refractivity contribution in [1.29, 1.82) is 0 Å². The van der Waals surface area contributed by atoms with E-state index in [9.17, 15) is 0 Å². The van der Waals surface area contributed by atoms with E-state index in [4.69, 9.17) is 0 Å². The first kappa shape index (κ1) is 16.6. The summed E-state index contributed by atoms with van der Waals surface area (Å²) in [7, 11) is 3.20. The number of benzene rings is 3. The predicted octanol–water partition coefficient (Wildman–Crippen LogP) is 3.50. The van der Waals surface area contributed by atoms with Crippen LogP contribution in [-0.2, 0) is 20.4 Å². The molecule has 0 fully saturated rings. The van der Waals surface area contributed by atoms with Crippen LogP contribution in [0.15, 0.2) is 91.0 Å². The van der Waals surface area contributed by atoms with Crippen molar-refractivity contribution in [2.24, 2.45) is 0 Å². The van der Waals surface area contributed by atoms with E-state index in [1.165, 1.54) is 15.9 Å². The zero-order valence-corrected chi connectivity index (χ0v) is 15.3. The summed E-state index contributed by atoms with van der Waals surface area (Å²) in [5.74, 6) is 0. The zero-order chi connectivity index (χ0) is 13.8. The summed E-state index contributed by atoms with van der Waals surface area (Å²) >= 11 is 0. The second-order valence-electron chi connectivity index (χ2n) is 4.91. The van der Waals surface area contributed by atoms with Gasteiger partial charge < -0.3 is 0 Å². The van der Waals surface area contributed by atoms with Gasteiger partial charge in [0.1, 0.15) is 0 Å². The van der Waals surface area contributed by atoms with Gasteiger partial charge in [-0.2, -0.15) is 0 Å². The standard InChI is InChI=1S/C18H18P2.Pd/c19-20(16-10-4-1-5-11-16,17-12-6-2-7-13-17)18-14-8-3-9-15-18;/h1-15,20H,19H2;. The first-order valence-corrected chi connectivity index (χ1v) is 10.6. The third-order valence-corrected chi connectivity index (χ3v) is 10.4. The van der Waals surface area contributed by atoms with E-state index in [2.05, 4.69) is 99.9 Å². The minimum absolute atomic E-state index is 0. The second-order valence-corrected chi connectivity index (χ2v) is 10.9. The van der Waals surface area contributed by atoms with Gasteiger partial charge in [-0.15, -0.1) is 0 Å². The molecule has 0 nitrogen and oxygen atoms in total. The molecular weight excluding hydrogens is 385 g/mol. The Morgan fingerprint density at radius 2 is 0.714 bits per heavy atom. The molecule has 0 saturated heterocycles. The second kappa shape index (κ2) is 7.45. The van der Waals surface area contributed by atoms with Crippen molar-refractivity contribution in [3.63, 3.8) is 0 Å². The predicted molar refractivity (Wildman–Crippen MR) is 96.3 cm³/mol. The van der Waals surface area contributed by atoms with Crippen molar-refractivity contribution in [1.82, 2.24) is 0 Å². The van der Waals surface area contributed by atoms with Gasteiger partial charge in [0.05, 0.1) is 0 Å². The molecule has 0 amide bonds. The van der Waals surface area contributed by atoms with Gasteiger partial charge >= 0.3 is 123 Å². The summed E-state index contributed by atoms with van der Waals surface area (Å²) in [6.45, 7) is -1.96.